The van der Waals surface area contributed by atoms with Crippen molar-refractivity contribution in [2.24, 2.45) is 16.0 Å². The molecule has 1 heterocycles. The first-order chi connectivity index (χ1) is 18.1. The van der Waals surface area contributed by atoms with E-state index in [1.54, 1.807) is 17.0 Å². The number of rotatable bonds is 5. The van der Waals surface area contributed by atoms with Gasteiger partial charge in [-0.15, -0.1) is 0 Å². The van der Waals surface area contributed by atoms with Crippen LogP contribution in [0.25, 0.3) is 10.8 Å². The van der Waals surface area contributed by atoms with E-state index in [1.807, 2.05) is 48.5 Å². The number of hydrogen-bond donors (Lipinski definition) is 2. The number of primary sulfonamides is 1. The Kier molecular flexibility index (Phi) is 7.09. The topological polar surface area (TPSA) is 122 Å². The zero-order valence-corrected chi connectivity index (χ0v) is 24.3. The minimum absolute atomic E-state index is 0.0333. The number of para-hydroxylation sites is 1. The lowest BCUT2D eigenvalue weighted by Gasteiger charge is -2.21. The normalized spacial score (nSPS) is 14.2. The highest BCUT2D eigenvalue weighted by atomic mass is 79.9. The molecular formula is C26H19Br2N5O3S2. The molecule has 1 aliphatic rings. The molecule has 12 heteroatoms. The maximum absolute atomic E-state index is 13.9. The van der Waals surface area contributed by atoms with Crippen molar-refractivity contribution in [3.05, 3.63) is 98.9 Å². The summed E-state index contributed by atoms with van der Waals surface area (Å²) in [6.07, 6.45) is 0. The van der Waals surface area contributed by atoms with Crippen LogP contribution in [0.2, 0.25) is 0 Å². The lowest BCUT2D eigenvalue weighted by atomic mass is 10.0. The fraction of sp³-hybridized carbons (Fsp3) is 0.0385. The van der Waals surface area contributed by atoms with E-state index in [9.17, 15) is 13.2 Å². The number of amides is 1. The van der Waals surface area contributed by atoms with Crippen molar-refractivity contribution >= 4 is 93.0 Å². The van der Waals surface area contributed by atoms with Gasteiger partial charge in [0.05, 0.1) is 17.9 Å². The van der Waals surface area contributed by atoms with Gasteiger partial charge in [-0.2, -0.15) is 5.10 Å². The van der Waals surface area contributed by atoms with Crippen LogP contribution in [0, 0.1) is 0 Å². The third-order valence-electron chi connectivity index (χ3n) is 6.02. The number of hydrazone groups is 1. The molecule has 4 N–H and O–H groups in total. The van der Waals surface area contributed by atoms with Crippen LogP contribution >= 0.6 is 44.1 Å². The predicted molar refractivity (Wildman–Crippen MR) is 161 cm³/mol. The SMILES string of the molecule is NC(=S)N(/N=C1\C(=O)N(Cc2cccc3ccccc23)c2c(Br)cc(Br)cc21)c1ccccc1S(N)(=O)=O. The molecule has 0 fully saturated rings. The van der Waals surface area contributed by atoms with Gasteiger partial charge >= 0.3 is 0 Å². The Morgan fingerprint density at radius 3 is 2.42 bits per heavy atom. The van der Waals surface area contributed by atoms with Gasteiger partial charge in [0.2, 0.25) is 10.0 Å². The first kappa shape index (κ1) is 26.4. The minimum Gasteiger partial charge on any atom is -0.374 e. The molecule has 0 unspecified atom stereocenters. The summed E-state index contributed by atoms with van der Waals surface area (Å²) in [6, 6.07) is 23.4. The van der Waals surface area contributed by atoms with Crippen LogP contribution in [0.3, 0.4) is 0 Å². The summed E-state index contributed by atoms with van der Waals surface area (Å²) in [5.41, 5.74) is 8.14. The van der Waals surface area contributed by atoms with Gasteiger partial charge in [0.25, 0.3) is 5.91 Å². The minimum atomic E-state index is -4.14. The molecule has 4 aromatic rings. The van der Waals surface area contributed by atoms with Gasteiger partial charge < -0.3 is 10.6 Å². The van der Waals surface area contributed by atoms with Gasteiger partial charge in [-0.3, -0.25) is 4.79 Å². The number of benzene rings is 4. The highest BCUT2D eigenvalue weighted by molar-refractivity contribution is 9.11. The van der Waals surface area contributed by atoms with Gasteiger partial charge in [-0.1, -0.05) is 70.5 Å². The number of carbonyl (C=O) groups excluding carboxylic acids is 1. The van der Waals surface area contributed by atoms with Crippen LogP contribution in [0.1, 0.15) is 11.1 Å². The van der Waals surface area contributed by atoms with Crippen molar-refractivity contribution in [3.63, 3.8) is 0 Å². The molecule has 0 aliphatic carbocycles. The van der Waals surface area contributed by atoms with Gasteiger partial charge in [-0.25, -0.2) is 18.6 Å². The molecule has 0 atom stereocenters. The van der Waals surface area contributed by atoms with E-state index in [-0.39, 0.29) is 28.0 Å². The van der Waals surface area contributed by atoms with E-state index in [1.165, 1.54) is 18.2 Å². The Hall–Kier alpha value is -3.16. The van der Waals surface area contributed by atoms with Crippen molar-refractivity contribution in [1.82, 2.24) is 0 Å². The Balaban J connectivity index is 1.67. The maximum Gasteiger partial charge on any atom is 0.279 e. The number of nitrogens with zero attached hydrogens (tertiary/aromatic N) is 3. The Morgan fingerprint density at radius 1 is 1.00 bits per heavy atom. The van der Waals surface area contributed by atoms with Crippen LogP contribution in [0.15, 0.2) is 97.8 Å². The van der Waals surface area contributed by atoms with Crippen molar-refractivity contribution in [2.45, 2.75) is 11.4 Å². The van der Waals surface area contributed by atoms with Crippen LogP contribution in [0.4, 0.5) is 11.4 Å². The number of fused-ring (bicyclic) bond motifs is 2. The van der Waals surface area contributed by atoms with Crippen LogP contribution < -0.4 is 20.8 Å². The Morgan fingerprint density at radius 2 is 1.68 bits per heavy atom. The molecule has 0 saturated carbocycles. The maximum atomic E-state index is 13.9. The number of nitrogens with two attached hydrogens (primary N) is 2. The van der Waals surface area contributed by atoms with E-state index < -0.39 is 15.9 Å². The van der Waals surface area contributed by atoms with Crippen LogP contribution in [-0.4, -0.2) is 25.1 Å². The van der Waals surface area contributed by atoms with Gasteiger partial charge in [0.1, 0.15) is 4.90 Å². The fourth-order valence-corrected chi connectivity index (χ4v) is 6.70. The predicted octanol–water partition coefficient (Wildman–Crippen LogP) is 5.01. The van der Waals surface area contributed by atoms with Gasteiger partial charge in [0, 0.05) is 14.5 Å². The average Bonchev–Trinajstić information content (AvgIpc) is 3.12. The summed E-state index contributed by atoms with van der Waals surface area (Å²) >= 11 is 12.3. The summed E-state index contributed by atoms with van der Waals surface area (Å²) in [6.45, 7) is 0.271. The summed E-state index contributed by atoms with van der Waals surface area (Å²) in [4.78, 5) is 15.3. The Labute approximate surface area is 241 Å². The monoisotopic (exact) mass is 671 g/mol. The summed E-state index contributed by atoms with van der Waals surface area (Å²) in [7, 11) is -4.14. The summed E-state index contributed by atoms with van der Waals surface area (Å²) in [5, 5.41) is 12.8. The molecule has 192 valence electrons. The second-order valence-electron chi connectivity index (χ2n) is 8.42. The summed E-state index contributed by atoms with van der Waals surface area (Å²) in [5.74, 6) is -0.402. The molecule has 0 aromatic heterocycles. The number of anilines is 2. The zero-order chi connectivity index (χ0) is 27.2. The van der Waals surface area contributed by atoms with E-state index in [4.69, 9.17) is 23.1 Å². The number of halogens is 2. The number of thiocarbonyl (C=S) groups is 1. The van der Waals surface area contributed by atoms with Crippen molar-refractivity contribution in [3.8, 4) is 0 Å². The molecule has 0 saturated heterocycles. The molecule has 4 aromatic carbocycles. The molecule has 0 bridgehead atoms. The standard InChI is InChI=1S/C26H19Br2N5O3S2/c27-17-12-19-23(31-33(26(29)37)21-10-3-4-11-22(21)38(30,35)36)25(34)32(24(19)20(28)13-17)14-16-8-5-7-15-6-1-2-9-18(15)16/h1-13H,14H2,(H2,29,37)(H2,30,35,36)/b31-23-. The molecular weight excluding hydrogens is 654 g/mol. The molecule has 8 nitrogen and oxygen atoms in total. The van der Waals surface area contributed by atoms with Gasteiger partial charge in [-0.05, 0) is 68.7 Å². The van der Waals surface area contributed by atoms with E-state index >= 15 is 0 Å². The molecule has 0 spiro atoms. The quantitative estimate of drug-likeness (QED) is 0.227. The van der Waals surface area contributed by atoms with Crippen molar-refractivity contribution in [1.29, 1.82) is 0 Å². The molecule has 1 aliphatic heterocycles. The van der Waals surface area contributed by atoms with Crippen LogP contribution in [0.5, 0.6) is 0 Å². The molecule has 0 radical (unpaired) electrons. The average molecular weight is 673 g/mol. The van der Waals surface area contributed by atoms with Crippen molar-refractivity contribution in [2.75, 3.05) is 9.91 Å². The fourth-order valence-electron chi connectivity index (χ4n) is 4.41. The number of sulfonamides is 1. The second-order valence-corrected chi connectivity index (χ2v) is 12.1. The third-order valence-corrected chi connectivity index (χ3v) is 8.21. The first-order valence-electron chi connectivity index (χ1n) is 11.1. The molecule has 38 heavy (non-hydrogen) atoms. The molecule has 5 rings (SSSR count). The molecule has 1 amide bonds. The summed E-state index contributed by atoms with van der Waals surface area (Å²) < 4.78 is 25.9. The van der Waals surface area contributed by atoms with Crippen LogP contribution in [-0.2, 0) is 21.4 Å². The van der Waals surface area contributed by atoms with E-state index in [2.05, 4.69) is 37.0 Å². The van der Waals surface area contributed by atoms with E-state index in [0.717, 1.165) is 21.3 Å². The highest BCUT2D eigenvalue weighted by Crippen LogP contribution is 2.40. The first-order valence-corrected chi connectivity index (χ1v) is 14.7. The van der Waals surface area contributed by atoms with E-state index in [0.29, 0.717) is 20.2 Å². The zero-order valence-electron chi connectivity index (χ0n) is 19.5. The van der Waals surface area contributed by atoms with Gasteiger partial charge in [0.15, 0.2) is 10.8 Å². The highest BCUT2D eigenvalue weighted by Gasteiger charge is 2.37. The Bertz CT molecular complexity index is 1770. The second kappa shape index (κ2) is 10.2. The van der Waals surface area contributed by atoms with Crippen molar-refractivity contribution < 1.29 is 13.2 Å². The number of carbonyl (C=O) groups is 1. The smallest absolute Gasteiger partial charge is 0.279 e. The lowest BCUT2D eigenvalue weighted by Crippen LogP contribution is -2.36. The largest absolute Gasteiger partial charge is 0.374 e. The number of hydrogen-bond acceptors (Lipinski definition) is 5. The third kappa shape index (κ3) is 4.85. The lowest BCUT2D eigenvalue weighted by molar-refractivity contribution is -0.112.